The molecule has 2 rings (SSSR count). The molecule has 0 bridgehead atoms. The maximum atomic E-state index is 14.1. The third-order valence-corrected chi connectivity index (χ3v) is 4.13. The predicted molar refractivity (Wildman–Crippen MR) is 84.7 cm³/mol. The van der Waals surface area contributed by atoms with E-state index in [1.807, 2.05) is 0 Å². The maximum absolute atomic E-state index is 14.1. The SMILES string of the molecule is COc1nc(OC(C)C(F)(F)C(F)F)c(F)cc1CNC(=O)C1CCCN1. The Labute approximate surface area is 152 Å². The van der Waals surface area contributed by atoms with Crippen LogP contribution in [0.3, 0.4) is 0 Å². The van der Waals surface area contributed by atoms with E-state index in [0.29, 0.717) is 13.3 Å². The number of aromatic nitrogens is 1. The topological polar surface area (TPSA) is 72.5 Å². The van der Waals surface area contributed by atoms with E-state index in [1.54, 1.807) is 0 Å². The molecule has 2 atom stereocenters. The summed E-state index contributed by atoms with van der Waals surface area (Å²) in [4.78, 5) is 15.6. The van der Waals surface area contributed by atoms with Gasteiger partial charge in [-0.15, -0.1) is 0 Å². The van der Waals surface area contributed by atoms with Gasteiger partial charge < -0.3 is 20.1 Å². The van der Waals surface area contributed by atoms with Crippen molar-refractivity contribution in [1.82, 2.24) is 15.6 Å². The van der Waals surface area contributed by atoms with Gasteiger partial charge in [0.2, 0.25) is 11.8 Å². The summed E-state index contributed by atoms with van der Waals surface area (Å²) in [5, 5.41) is 5.60. The quantitative estimate of drug-likeness (QED) is 0.659. The summed E-state index contributed by atoms with van der Waals surface area (Å²) in [6.45, 7) is 1.29. The molecule has 1 aromatic rings. The summed E-state index contributed by atoms with van der Waals surface area (Å²) in [5.41, 5.74) is 0.141. The summed E-state index contributed by atoms with van der Waals surface area (Å²) in [5.74, 6) is -6.98. The zero-order valence-electron chi connectivity index (χ0n) is 14.7. The molecule has 1 saturated heterocycles. The summed E-state index contributed by atoms with van der Waals surface area (Å²) >= 11 is 0. The van der Waals surface area contributed by atoms with Crippen LogP contribution in [-0.2, 0) is 11.3 Å². The standard InChI is InChI=1S/C16H20F5N3O3/c1-8(16(20,21)15(18)19)27-14-10(17)6-9(13(24-14)26-2)7-23-12(25)11-4-3-5-22-11/h6,8,11,15,22H,3-5,7H2,1-2H3,(H,23,25). The van der Waals surface area contributed by atoms with Gasteiger partial charge in [-0.3, -0.25) is 4.79 Å². The smallest absolute Gasteiger partial charge is 0.343 e. The minimum absolute atomic E-state index is 0.118. The number of nitrogens with one attached hydrogen (secondary N) is 2. The lowest BCUT2D eigenvalue weighted by Gasteiger charge is -2.23. The van der Waals surface area contributed by atoms with E-state index >= 15 is 0 Å². The van der Waals surface area contributed by atoms with Gasteiger partial charge in [0, 0.05) is 12.1 Å². The van der Waals surface area contributed by atoms with Gasteiger partial charge in [-0.2, -0.15) is 13.8 Å². The number of ether oxygens (including phenoxy) is 2. The molecule has 0 aliphatic carbocycles. The predicted octanol–water partition coefficient (Wildman–Crippen LogP) is 2.27. The van der Waals surface area contributed by atoms with E-state index in [4.69, 9.17) is 4.74 Å². The van der Waals surface area contributed by atoms with Gasteiger partial charge in [-0.05, 0) is 32.4 Å². The van der Waals surface area contributed by atoms with Crippen molar-refractivity contribution in [3.05, 3.63) is 17.4 Å². The lowest BCUT2D eigenvalue weighted by molar-refractivity contribution is -0.179. The molecule has 27 heavy (non-hydrogen) atoms. The van der Waals surface area contributed by atoms with Crippen LogP contribution in [0, 0.1) is 5.82 Å². The van der Waals surface area contributed by atoms with Gasteiger partial charge in [0.15, 0.2) is 11.9 Å². The molecule has 0 spiro atoms. The van der Waals surface area contributed by atoms with Gasteiger partial charge >= 0.3 is 12.3 Å². The summed E-state index contributed by atoms with van der Waals surface area (Å²) in [6.07, 6.45) is -4.75. The van der Waals surface area contributed by atoms with E-state index < -0.39 is 30.1 Å². The van der Waals surface area contributed by atoms with Crippen LogP contribution in [0.5, 0.6) is 11.8 Å². The molecule has 0 aromatic carbocycles. The first-order valence-electron chi connectivity index (χ1n) is 8.24. The van der Waals surface area contributed by atoms with Crippen LogP contribution in [0.4, 0.5) is 22.0 Å². The number of halogens is 5. The summed E-state index contributed by atoms with van der Waals surface area (Å²) in [7, 11) is 1.20. The molecule has 1 aliphatic rings. The van der Waals surface area contributed by atoms with E-state index in [1.165, 1.54) is 7.11 Å². The number of hydrogen-bond donors (Lipinski definition) is 2. The number of rotatable bonds is 8. The normalized spacial score (nSPS) is 18.4. The zero-order chi connectivity index (χ0) is 20.2. The average Bonchev–Trinajstić information content (AvgIpc) is 3.15. The Kier molecular flexibility index (Phi) is 6.79. The average molecular weight is 397 g/mol. The van der Waals surface area contributed by atoms with Gasteiger partial charge in [0.05, 0.1) is 13.2 Å². The van der Waals surface area contributed by atoms with Gasteiger partial charge in [-0.1, -0.05) is 0 Å². The highest BCUT2D eigenvalue weighted by Gasteiger charge is 2.48. The number of alkyl halides is 4. The largest absolute Gasteiger partial charge is 0.481 e. The van der Waals surface area contributed by atoms with Crippen LogP contribution in [0.25, 0.3) is 0 Å². The van der Waals surface area contributed by atoms with Crippen molar-refractivity contribution >= 4 is 5.91 Å². The first-order chi connectivity index (χ1) is 12.7. The van der Waals surface area contributed by atoms with Crippen molar-refractivity contribution in [2.24, 2.45) is 0 Å². The van der Waals surface area contributed by atoms with Gasteiger partial charge in [-0.25, -0.2) is 13.2 Å². The number of carbonyl (C=O) groups is 1. The van der Waals surface area contributed by atoms with E-state index in [2.05, 4.69) is 20.4 Å². The van der Waals surface area contributed by atoms with Crippen LogP contribution < -0.4 is 20.1 Å². The molecule has 2 N–H and O–H groups in total. The van der Waals surface area contributed by atoms with Gasteiger partial charge in [0.1, 0.15) is 0 Å². The molecule has 0 radical (unpaired) electrons. The molecule has 1 amide bonds. The van der Waals surface area contributed by atoms with Crippen LogP contribution in [0.1, 0.15) is 25.3 Å². The van der Waals surface area contributed by atoms with Crippen molar-refractivity contribution in [1.29, 1.82) is 0 Å². The zero-order valence-corrected chi connectivity index (χ0v) is 14.7. The molecule has 1 aromatic heterocycles. The molecule has 1 aliphatic heterocycles. The number of nitrogens with zero attached hydrogens (tertiary/aromatic N) is 1. The van der Waals surface area contributed by atoms with Crippen LogP contribution >= 0.6 is 0 Å². The Morgan fingerprint density at radius 3 is 2.70 bits per heavy atom. The summed E-state index contributed by atoms with van der Waals surface area (Å²) < 4.78 is 74.9. The molecule has 6 nitrogen and oxygen atoms in total. The molecular weight excluding hydrogens is 377 g/mol. The highest BCUT2D eigenvalue weighted by Crippen LogP contribution is 2.31. The van der Waals surface area contributed by atoms with Crippen molar-refractivity contribution in [2.45, 2.75) is 50.8 Å². The number of amides is 1. The van der Waals surface area contributed by atoms with E-state index in [0.717, 1.165) is 19.0 Å². The summed E-state index contributed by atoms with van der Waals surface area (Å²) in [6, 6.07) is 0.547. The Morgan fingerprint density at radius 2 is 2.15 bits per heavy atom. The molecule has 2 unspecified atom stereocenters. The van der Waals surface area contributed by atoms with Gasteiger partial charge in [0.25, 0.3) is 5.88 Å². The fourth-order valence-corrected chi connectivity index (χ4v) is 2.52. The minimum Gasteiger partial charge on any atom is -0.481 e. The number of carbonyl (C=O) groups excluding carboxylic acids is 1. The third-order valence-electron chi connectivity index (χ3n) is 4.13. The second kappa shape index (κ2) is 8.68. The highest BCUT2D eigenvalue weighted by molar-refractivity contribution is 5.82. The van der Waals surface area contributed by atoms with Crippen LogP contribution in [-0.4, -0.2) is 49.0 Å². The van der Waals surface area contributed by atoms with Crippen LogP contribution in [0.15, 0.2) is 6.07 Å². The highest BCUT2D eigenvalue weighted by atomic mass is 19.3. The van der Waals surface area contributed by atoms with Crippen molar-refractivity contribution < 1.29 is 36.2 Å². The van der Waals surface area contributed by atoms with Crippen LogP contribution in [0.2, 0.25) is 0 Å². The number of methoxy groups -OCH3 is 1. The fraction of sp³-hybridized carbons (Fsp3) is 0.625. The molecular formula is C16H20F5N3O3. The Bertz CT molecular complexity index is 669. The van der Waals surface area contributed by atoms with Crippen molar-refractivity contribution in [3.8, 4) is 11.8 Å². The molecule has 152 valence electrons. The second-order valence-electron chi connectivity index (χ2n) is 6.05. The first-order valence-corrected chi connectivity index (χ1v) is 8.24. The molecule has 2 heterocycles. The Balaban J connectivity index is 2.10. The first kappa shape index (κ1) is 21.1. The number of hydrogen-bond acceptors (Lipinski definition) is 5. The van der Waals surface area contributed by atoms with E-state index in [-0.39, 0.29) is 29.9 Å². The maximum Gasteiger partial charge on any atom is 0.343 e. The minimum atomic E-state index is -4.48. The Morgan fingerprint density at radius 1 is 1.44 bits per heavy atom. The molecule has 1 fully saturated rings. The lowest BCUT2D eigenvalue weighted by Crippen LogP contribution is -2.42. The van der Waals surface area contributed by atoms with Crippen molar-refractivity contribution in [2.75, 3.05) is 13.7 Å². The number of pyridine rings is 1. The third kappa shape index (κ3) is 4.96. The van der Waals surface area contributed by atoms with Crippen molar-refractivity contribution in [3.63, 3.8) is 0 Å². The fourth-order valence-electron chi connectivity index (χ4n) is 2.52. The van der Waals surface area contributed by atoms with E-state index in [9.17, 15) is 26.7 Å². The lowest BCUT2D eigenvalue weighted by atomic mass is 10.2. The Hall–Kier alpha value is -2.17. The monoisotopic (exact) mass is 397 g/mol. The molecule has 11 heteroatoms. The molecule has 0 saturated carbocycles. The second-order valence-corrected chi connectivity index (χ2v) is 6.05.